The van der Waals surface area contributed by atoms with E-state index in [4.69, 9.17) is 15.6 Å². The summed E-state index contributed by atoms with van der Waals surface area (Å²) in [5.74, 6) is 0.932. The van der Waals surface area contributed by atoms with Gasteiger partial charge in [-0.2, -0.15) is 4.98 Å². The highest BCUT2D eigenvalue weighted by molar-refractivity contribution is 7.16. The summed E-state index contributed by atoms with van der Waals surface area (Å²) < 4.78 is 5.11. The van der Waals surface area contributed by atoms with E-state index in [1.165, 1.54) is 11.3 Å². The first-order valence-electron chi connectivity index (χ1n) is 5.61. The molecule has 0 spiro atoms. The van der Waals surface area contributed by atoms with E-state index >= 15 is 0 Å². The quantitative estimate of drug-likeness (QED) is 0.726. The number of anilines is 2. The standard InChI is InChI=1S/C11H16N4O2S/c1-17-6-7(2-4-16)13-9-8-3-5-18-10(8)15-11(12)14-9/h3,5,7,16H,2,4,6H2,1H3,(H3,12,13,14,15). The van der Waals surface area contributed by atoms with Gasteiger partial charge in [-0.05, 0) is 17.9 Å². The summed E-state index contributed by atoms with van der Waals surface area (Å²) in [5, 5.41) is 15.1. The van der Waals surface area contributed by atoms with Crippen molar-refractivity contribution in [3.8, 4) is 0 Å². The van der Waals surface area contributed by atoms with Crippen LogP contribution in [0.2, 0.25) is 0 Å². The Labute approximate surface area is 109 Å². The third-order valence-electron chi connectivity index (χ3n) is 2.53. The number of nitrogens with zero attached hydrogens (tertiary/aromatic N) is 2. The Morgan fingerprint density at radius 3 is 3.11 bits per heavy atom. The van der Waals surface area contributed by atoms with Gasteiger partial charge in [-0.25, -0.2) is 4.98 Å². The number of hydrogen-bond donors (Lipinski definition) is 3. The van der Waals surface area contributed by atoms with Crippen LogP contribution in [0.1, 0.15) is 6.42 Å². The largest absolute Gasteiger partial charge is 0.396 e. The van der Waals surface area contributed by atoms with Gasteiger partial charge in [0.15, 0.2) is 0 Å². The fourth-order valence-electron chi connectivity index (χ4n) is 1.73. The lowest BCUT2D eigenvalue weighted by Gasteiger charge is -2.18. The van der Waals surface area contributed by atoms with Crippen molar-refractivity contribution in [3.05, 3.63) is 11.4 Å². The predicted octanol–water partition coefficient (Wildman–Crippen LogP) is 1.08. The molecule has 0 aliphatic carbocycles. The van der Waals surface area contributed by atoms with Crippen molar-refractivity contribution in [2.45, 2.75) is 12.5 Å². The topological polar surface area (TPSA) is 93.3 Å². The number of aliphatic hydroxyl groups excluding tert-OH is 1. The molecule has 98 valence electrons. The highest BCUT2D eigenvalue weighted by atomic mass is 32.1. The van der Waals surface area contributed by atoms with Crippen LogP contribution in [0.25, 0.3) is 10.2 Å². The van der Waals surface area contributed by atoms with Gasteiger partial charge in [0, 0.05) is 13.7 Å². The Bertz CT molecular complexity index is 511. The first-order valence-corrected chi connectivity index (χ1v) is 6.49. The molecule has 1 atom stereocenters. The molecule has 0 amide bonds. The molecule has 1 unspecified atom stereocenters. The Balaban J connectivity index is 2.26. The molecule has 2 aromatic rings. The first kappa shape index (κ1) is 13.0. The first-order chi connectivity index (χ1) is 8.74. The average molecular weight is 268 g/mol. The van der Waals surface area contributed by atoms with Crippen molar-refractivity contribution in [2.24, 2.45) is 0 Å². The van der Waals surface area contributed by atoms with Crippen molar-refractivity contribution in [1.82, 2.24) is 9.97 Å². The number of fused-ring (bicyclic) bond motifs is 1. The van der Waals surface area contributed by atoms with Crippen LogP contribution in [-0.2, 0) is 4.74 Å². The maximum Gasteiger partial charge on any atom is 0.223 e. The Morgan fingerprint density at radius 1 is 1.56 bits per heavy atom. The van der Waals surface area contributed by atoms with Crippen LogP contribution in [0.4, 0.5) is 11.8 Å². The normalized spacial score (nSPS) is 12.8. The van der Waals surface area contributed by atoms with Crippen LogP contribution in [0, 0.1) is 0 Å². The summed E-state index contributed by atoms with van der Waals surface area (Å²) in [4.78, 5) is 9.22. The summed E-state index contributed by atoms with van der Waals surface area (Å²) >= 11 is 1.52. The zero-order chi connectivity index (χ0) is 13.0. The fraction of sp³-hybridized carbons (Fsp3) is 0.455. The molecule has 6 nitrogen and oxygen atoms in total. The van der Waals surface area contributed by atoms with Crippen molar-refractivity contribution in [3.63, 3.8) is 0 Å². The second kappa shape index (κ2) is 5.94. The van der Waals surface area contributed by atoms with Gasteiger partial charge < -0.3 is 20.9 Å². The number of methoxy groups -OCH3 is 1. The molecular weight excluding hydrogens is 252 g/mol. The second-order valence-corrected chi connectivity index (χ2v) is 4.77. The molecule has 2 heterocycles. The van der Waals surface area contributed by atoms with Crippen LogP contribution in [0.3, 0.4) is 0 Å². The minimum atomic E-state index is -0.00241. The molecule has 0 fully saturated rings. The maximum atomic E-state index is 9.02. The summed E-state index contributed by atoms with van der Waals surface area (Å²) in [7, 11) is 1.63. The third-order valence-corrected chi connectivity index (χ3v) is 3.34. The zero-order valence-electron chi connectivity index (χ0n) is 10.1. The molecular formula is C11H16N4O2S. The second-order valence-electron chi connectivity index (χ2n) is 3.88. The van der Waals surface area contributed by atoms with Crippen molar-refractivity contribution in [2.75, 3.05) is 31.4 Å². The van der Waals surface area contributed by atoms with Crippen LogP contribution in [-0.4, -0.2) is 41.4 Å². The van der Waals surface area contributed by atoms with Crippen LogP contribution >= 0.6 is 11.3 Å². The lowest BCUT2D eigenvalue weighted by molar-refractivity contribution is 0.170. The monoisotopic (exact) mass is 268 g/mol. The van der Waals surface area contributed by atoms with Crippen LogP contribution in [0.15, 0.2) is 11.4 Å². The van der Waals surface area contributed by atoms with Gasteiger partial charge >= 0.3 is 0 Å². The van der Waals surface area contributed by atoms with E-state index in [1.54, 1.807) is 7.11 Å². The van der Waals surface area contributed by atoms with Gasteiger partial charge in [0.2, 0.25) is 5.95 Å². The van der Waals surface area contributed by atoms with E-state index in [2.05, 4.69) is 15.3 Å². The van der Waals surface area contributed by atoms with Gasteiger partial charge in [-0.15, -0.1) is 11.3 Å². The summed E-state index contributed by atoms with van der Waals surface area (Å²) in [5.41, 5.74) is 5.67. The molecule has 0 saturated carbocycles. The Kier molecular flexibility index (Phi) is 4.29. The Morgan fingerprint density at radius 2 is 2.39 bits per heavy atom. The van der Waals surface area contributed by atoms with E-state index in [0.717, 1.165) is 10.2 Å². The molecule has 2 rings (SSSR count). The number of nitrogens with one attached hydrogen (secondary N) is 1. The number of nitrogens with two attached hydrogens (primary N) is 1. The summed E-state index contributed by atoms with van der Waals surface area (Å²) in [6.45, 7) is 0.588. The van der Waals surface area contributed by atoms with E-state index < -0.39 is 0 Å². The highest BCUT2D eigenvalue weighted by Crippen LogP contribution is 2.26. The molecule has 0 aliphatic heterocycles. The maximum absolute atomic E-state index is 9.02. The lowest BCUT2D eigenvalue weighted by atomic mass is 10.2. The van der Waals surface area contributed by atoms with E-state index in [1.807, 2.05) is 11.4 Å². The molecule has 0 saturated heterocycles. The van der Waals surface area contributed by atoms with Crippen LogP contribution in [0.5, 0.6) is 0 Å². The van der Waals surface area contributed by atoms with E-state index in [-0.39, 0.29) is 18.6 Å². The van der Waals surface area contributed by atoms with Gasteiger partial charge in [-0.3, -0.25) is 0 Å². The van der Waals surface area contributed by atoms with Crippen molar-refractivity contribution >= 4 is 33.3 Å². The third kappa shape index (κ3) is 2.87. The molecule has 7 heteroatoms. The number of ether oxygens (including phenoxy) is 1. The number of aliphatic hydroxyl groups is 1. The van der Waals surface area contributed by atoms with Gasteiger partial charge in [-0.1, -0.05) is 0 Å². The van der Waals surface area contributed by atoms with E-state index in [0.29, 0.717) is 18.8 Å². The van der Waals surface area contributed by atoms with Crippen LogP contribution < -0.4 is 11.1 Å². The number of rotatable bonds is 6. The molecule has 0 aromatic carbocycles. The molecule has 18 heavy (non-hydrogen) atoms. The number of aromatic nitrogens is 2. The minimum Gasteiger partial charge on any atom is -0.396 e. The summed E-state index contributed by atoms with van der Waals surface area (Å²) in [6.07, 6.45) is 0.587. The lowest BCUT2D eigenvalue weighted by Crippen LogP contribution is -2.26. The number of thiophene rings is 1. The molecule has 0 aliphatic rings. The smallest absolute Gasteiger partial charge is 0.223 e. The van der Waals surface area contributed by atoms with Gasteiger partial charge in [0.25, 0.3) is 0 Å². The predicted molar refractivity (Wildman–Crippen MR) is 72.8 cm³/mol. The van der Waals surface area contributed by atoms with Gasteiger partial charge in [0.05, 0.1) is 18.0 Å². The van der Waals surface area contributed by atoms with Gasteiger partial charge in [0.1, 0.15) is 10.6 Å². The SMILES string of the molecule is COCC(CCO)Nc1nc(N)nc2sccc12. The highest BCUT2D eigenvalue weighted by Gasteiger charge is 2.12. The van der Waals surface area contributed by atoms with Crippen molar-refractivity contribution < 1.29 is 9.84 Å². The zero-order valence-corrected chi connectivity index (χ0v) is 10.9. The van der Waals surface area contributed by atoms with Crippen molar-refractivity contribution in [1.29, 1.82) is 0 Å². The molecule has 4 N–H and O–H groups in total. The Hall–Kier alpha value is -1.44. The number of hydrogen-bond acceptors (Lipinski definition) is 7. The molecule has 0 bridgehead atoms. The molecule has 0 radical (unpaired) electrons. The fourth-order valence-corrected chi connectivity index (χ4v) is 2.50. The van der Waals surface area contributed by atoms with E-state index in [9.17, 15) is 0 Å². The molecule has 2 aromatic heterocycles. The minimum absolute atomic E-state index is 0.00241. The average Bonchev–Trinajstić information content (AvgIpc) is 2.77. The number of nitrogen functional groups attached to an aromatic ring is 1. The summed E-state index contributed by atoms with van der Waals surface area (Å²) in [6, 6.07) is 1.95.